The van der Waals surface area contributed by atoms with E-state index in [1.165, 1.54) is 30.2 Å². The summed E-state index contributed by atoms with van der Waals surface area (Å²) in [7, 11) is -0.490. The molecule has 124 valence electrons. The van der Waals surface area contributed by atoms with Crippen LogP contribution in [0.4, 0.5) is 0 Å². The van der Waals surface area contributed by atoms with Gasteiger partial charge in [-0.15, -0.1) is 0 Å². The maximum Gasteiger partial charge on any atom is 0.308 e. The van der Waals surface area contributed by atoms with Crippen LogP contribution in [-0.4, -0.2) is 43.6 Å². The van der Waals surface area contributed by atoms with Crippen LogP contribution in [0.15, 0.2) is 56.1 Å². The number of halogens is 1. The number of sulfone groups is 1. The molecule has 0 aromatic heterocycles. The van der Waals surface area contributed by atoms with Crippen LogP contribution in [0.25, 0.3) is 0 Å². The quantitative estimate of drug-likeness (QED) is 0.339. The first-order valence-corrected chi connectivity index (χ1v) is 9.65. The Hall–Kier alpha value is -1.13. The number of benzene rings is 1. The van der Waals surface area contributed by atoms with Gasteiger partial charge >= 0.3 is 5.91 Å². The second-order valence-corrected chi connectivity index (χ2v) is 9.56. The SMILES string of the molecule is C[N+]1(C)SC=CC=C(S(=O)(=O)c2ccc(Br)cc2)C1C(=O)NO. The fourth-order valence-corrected chi connectivity index (χ4v) is 5.06. The monoisotopic (exact) mass is 419 g/mol. The Morgan fingerprint density at radius 3 is 2.48 bits per heavy atom. The molecule has 1 aromatic rings. The van der Waals surface area contributed by atoms with Crippen molar-refractivity contribution in [3.63, 3.8) is 0 Å². The number of carbonyl (C=O) groups excluding carboxylic acids is 1. The fraction of sp³-hybridized carbons (Fsp3) is 0.214. The van der Waals surface area contributed by atoms with Gasteiger partial charge < -0.3 is 0 Å². The molecule has 6 nitrogen and oxygen atoms in total. The lowest BCUT2D eigenvalue weighted by Crippen LogP contribution is -2.53. The fourth-order valence-electron chi connectivity index (χ4n) is 2.24. The topological polar surface area (TPSA) is 83.5 Å². The summed E-state index contributed by atoms with van der Waals surface area (Å²) in [5, 5.41) is 10.7. The number of amides is 1. The van der Waals surface area contributed by atoms with E-state index in [4.69, 9.17) is 5.21 Å². The molecule has 1 unspecified atom stereocenters. The second-order valence-electron chi connectivity index (χ2n) is 5.27. The van der Waals surface area contributed by atoms with E-state index >= 15 is 0 Å². The smallest absolute Gasteiger partial charge is 0.288 e. The maximum absolute atomic E-state index is 13.0. The van der Waals surface area contributed by atoms with Crippen molar-refractivity contribution in [1.29, 1.82) is 0 Å². The maximum atomic E-state index is 13.0. The predicted molar refractivity (Wildman–Crippen MR) is 92.0 cm³/mol. The molecular formula is C14H16BrN2O4S2+. The lowest BCUT2D eigenvalue weighted by molar-refractivity contribution is -0.761. The third-order valence-electron chi connectivity index (χ3n) is 3.36. The first-order valence-electron chi connectivity index (χ1n) is 6.53. The molecule has 0 bridgehead atoms. The number of hydrogen-bond donors (Lipinski definition) is 2. The third-order valence-corrected chi connectivity index (χ3v) is 6.79. The van der Waals surface area contributed by atoms with Gasteiger partial charge in [0.15, 0.2) is 0 Å². The minimum atomic E-state index is -3.89. The molecule has 2 rings (SSSR count). The zero-order valence-electron chi connectivity index (χ0n) is 12.4. The second kappa shape index (κ2) is 6.78. The lowest BCUT2D eigenvalue weighted by Gasteiger charge is -2.33. The van der Waals surface area contributed by atoms with Gasteiger partial charge in [0.1, 0.15) is 16.9 Å². The molecule has 0 saturated carbocycles. The van der Waals surface area contributed by atoms with Crippen molar-refractivity contribution in [3.05, 3.63) is 51.2 Å². The predicted octanol–water partition coefficient (Wildman–Crippen LogP) is 2.23. The number of carbonyl (C=O) groups is 1. The van der Waals surface area contributed by atoms with Crippen molar-refractivity contribution in [1.82, 2.24) is 5.48 Å². The first kappa shape index (κ1) is 18.2. The van der Waals surface area contributed by atoms with Gasteiger partial charge in [-0.25, -0.2) is 17.8 Å². The summed E-state index contributed by atoms with van der Waals surface area (Å²) in [6.07, 6.45) is 2.98. The van der Waals surface area contributed by atoms with E-state index in [0.717, 1.165) is 4.47 Å². The van der Waals surface area contributed by atoms with Crippen LogP contribution in [0.1, 0.15) is 0 Å². The first-order chi connectivity index (χ1) is 10.7. The van der Waals surface area contributed by atoms with E-state index in [1.54, 1.807) is 43.2 Å². The van der Waals surface area contributed by atoms with Crippen LogP contribution in [0.5, 0.6) is 0 Å². The zero-order chi connectivity index (χ0) is 17.3. The molecule has 1 amide bonds. The van der Waals surface area contributed by atoms with E-state index < -0.39 is 21.8 Å². The Labute approximate surface area is 147 Å². The molecule has 0 fully saturated rings. The van der Waals surface area contributed by atoms with Crippen LogP contribution >= 0.6 is 27.9 Å². The highest BCUT2D eigenvalue weighted by Crippen LogP contribution is 2.35. The van der Waals surface area contributed by atoms with Gasteiger partial charge in [-0.1, -0.05) is 15.9 Å². The van der Waals surface area contributed by atoms with E-state index in [0.29, 0.717) is 0 Å². The van der Waals surface area contributed by atoms with Gasteiger partial charge in [0.05, 0.1) is 19.0 Å². The molecule has 23 heavy (non-hydrogen) atoms. The Kier molecular flexibility index (Phi) is 5.37. The molecule has 1 aromatic carbocycles. The van der Waals surface area contributed by atoms with Gasteiger partial charge in [0.25, 0.3) is 0 Å². The summed E-state index contributed by atoms with van der Waals surface area (Å²) in [5.74, 6) is -0.780. The van der Waals surface area contributed by atoms with Crippen LogP contribution in [-0.2, 0) is 14.6 Å². The van der Waals surface area contributed by atoms with Gasteiger partial charge in [-0.2, -0.15) is 0 Å². The minimum absolute atomic E-state index is 0.00944. The molecule has 1 aliphatic heterocycles. The van der Waals surface area contributed by atoms with Gasteiger partial charge in [0, 0.05) is 9.88 Å². The van der Waals surface area contributed by atoms with Crippen molar-refractivity contribution >= 4 is 43.6 Å². The summed E-state index contributed by atoms with van der Waals surface area (Å²) in [6, 6.07) is 5.09. The number of hydroxylamine groups is 1. The minimum Gasteiger partial charge on any atom is -0.288 e. The molecule has 1 heterocycles. The zero-order valence-corrected chi connectivity index (χ0v) is 15.7. The molecule has 9 heteroatoms. The summed E-state index contributed by atoms with van der Waals surface area (Å²) >= 11 is 4.53. The number of quaternary nitrogens is 1. The molecule has 2 N–H and O–H groups in total. The highest BCUT2D eigenvalue weighted by molar-refractivity contribution is 9.10. The molecule has 0 saturated heterocycles. The van der Waals surface area contributed by atoms with Gasteiger partial charge in [-0.3, -0.25) is 10.0 Å². The molecule has 1 aliphatic rings. The van der Waals surface area contributed by atoms with Crippen LogP contribution in [0.2, 0.25) is 0 Å². The largest absolute Gasteiger partial charge is 0.308 e. The summed E-state index contributed by atoms with van der Waals surface area (Å²) in [4.78, 5) is 12.2. The molecule has 0 radical (unpaired) electrons. The molecule has 0 aliphatic carbocycles. The molecular weight excluding hydrogens is 404 g/mol. The summed E-state index contributed by atoms with van der Waals surface area (Å²) in [6.45, 7) is 0. The van der Waals surface area contributed by atoms with Crippen LogP contribution < -0.4 is 5.48 Å². The number of hydrogen-bond acceptors (Lipinski definition) is 5. The Morgan fingerprint density at radius 2 is 1.91 bits per heavy atom. The molecule has 1 atom stereocenters. The highest BCUT2D eigenvalue weighted by atomic mass is 79.9. The lowest BCUT2D eigenvalue weighted by atomic mass is 10.2. The number of nitrogens with one attached hydrogen (secondary N) is 1. The number of likely N-dealkylation sites (N-methyl/N-ethyl adjacent to an activating group) is 1. The van der Waals surface area contributed by atoms with E-state index in [1.807, 2.05) is 0 Å². The van der Waals surface area contributed by atoms with E-state index in [2.05, 4.69) is 15.9 Å². The van der Waals surface area contributed by atoms with Crippen molar-refractivity contribution in [3.8, 4) is 0 Å². The van der Waals surface area contributed by atoms with Crippen molar-refractivity contribution in [2.24, 2.45) is 0 Å². The van der Waals surface area contributed by atoms with Crippen LogP contribution in [0.3, 0.4) is 0 Å². The van der Waals surface area contributed by atoms with Gasteiger partial charge in [0.2, 0.25) is 15.9 Å². The highest BCUT2D eigenvalue weighted by Gasteiger charge is 2.45. The standard InChI is InChI=1S/C14H15BrN2O4S2/c1-17(2)13(14(18)16-19)12(4-3-9-22-17)23(20,21)11-7-5-10(15)6-8-11/h3-9,13H,1-2H3,(H-,16,18,19)/p+1. The molecule has 0 spiro atoms. The van der Waals surface area contributed by atoms with E-state index in [9.17, 15) is 13.2 Å². The normalized spacial score (nSPS) is 20.5. The van der Waals surface area contributed by atoms with Crippen molar-refractivity contribution in [2.75, 3.05) is 14.1 Å². The Balaban J connectivity index is 2.60. The number of nitrogens with zero attached hydrogens (tertiary/aromatic N) is 1. The number of rotatable bonds is 3. The number of allylic oxidation sites excluding steroid dienone is 2. The Bertz CT molecular complexity index is 770. The van der Waals surface area contributed by atoms with E-state index in [-0.39, 0.29) is 13.7 Å². The van der Waals surface area contributed by atoms with Gasteiger partial charge in [-0.05, 0) is 36.4 Å². The average Bonchev–Trinajstić information content (AvgIpc) is 2.65. The Morgan fingerprint density at radius 1 is 1.30 bits per heavy atom. The summed E-state index contributed by atoms with van der Waals surface area (Å²) in [5.41, 5.74) is 1.57. The van der Waals surface area contributed by atoms with Crippen LogP contribution in [0, 0.1) is 0 Å². The van der Waals surface area contributed by atoms with Crippen molar-refractivity contribution in [2.45, 2.75) is 10.9 Å². The summed E-state index contributed by atoms with van der Waals surface area (Å²) < 4.78 is 26.7. The van der Waals surface area contributed by atoms with Crippen molar-refractivity contribution < 1.29 is 22.3 Å². The third kappa shape index (κ3) is 3.69. The average molecular weight is 420 g/mol.